The van der Waals surface area contributed by atoms with E-state index in [-0.39, 0.29) is 23.8 Å². The van der Waals surface area contributed by atoms with Crippen molar-refractivity contribution in [1.29, 1.82) is 0 Å². The molecule has 2 rings (SSSR count). The largest absolute Gasteiger partial charge is 0.434 e. The summed E-state index contributed by atoms with van der Waals surface area (Å²) in [6.45, 7) is 0. The predicted molar refractivity (Wildman–Crippen MR) is 96.3 cm³/mol. The molecule has 4 unspecified atom stereocenters. The van der Waals surface area contributed by atoms with Crippen molar-refractivity contribution in [3.05, 3.63) is 24.7 Å². The fraction of sp³-hybridized carbons (Fsp3) is 0.647. The predicted octanol–water partition coefficient (Wildman–Crippen LogP) is 1.81. The smallest absolute Gasteiger partial charge is 0.317 e. The Labute approximate surface area is 152 Å². The summed E-state index contributed by atoms with van der Waals surface area (Å²) in [7, 11) is -1.88. The van der Waals surface area contributed by atoms with Gasteiger partial charge in [-0.1, -0.05) is 0 Å². The Morgan fingerprint density at radius 2 is 1.12 bits per heavy atom. The van der Waals surface area contributed by atoms with E-state index >= 15 is 0 Å². The van der Waals surface area contributed by atoms with Crippen molar-refractivity contribution in [2.45, 2.75) is 32.1 Å². The monoisotopic (exact) mass is 388 g/mol. The van der Waals surface area contributed by atoms with Crippen LogP contribution < -0.4 is 0 Å². The van der Waals surface area contributed by atoms with Crippen LogP contribution in [0, 0.1) is 11.8 Å². The van der Waals surface area contributed by atoms with Gasteiger partial charge in [0.2, 0.25) is 0 Å². The summed E-state index contributed by atoms with van der Waals surface area (Å²) in [6.07, 6.45) is 9.68. The molecule has 0 amide bonds. The molecule has 0 bridgehead atoms. The summed E-state index contributed by atoms with van der Waals surface area (Å²) in [4.78, 5) is 22.5. The zero-order valence-electron chi connectivity index (χ0n) is 14.1. The van der Waals surface area contributed by atoms with E-state index in [4.69, 9.17) is 9.47 Å². The van der Waals surface area contributed by atoms with Gasteiger partial charge in [0.15, 0.2) is 0 Å². The Morgan fingerprint density at radius 1 is 0.720 bits per heavy atom. The average Bonchev–Trinajstić information content (AvgIpc) is 3.16. The van der Waals surface area contributed by atoms with Gasteiger partial charge < -0.3 is 9.47 Å². The molecule has 0 saturated heterocycles. The Bertz CT molecular complexity index is 534. The Hall–Kier alpha value is -1.28. The average molecular weight is 389 g/mol. The fourth-order valence-corrected chi connectivity index (χ4v) is 5.18. The molecule has 2 aliphatic rings. The second-order valence-electron chi connectivity index (χ2n) is 6.08. The molecule has 0 aromatic rings. The standard InChI is InChI=1S/C17H24O6S2/c18-16-14(6-8-22-16)4-1-10-24(20)12-3-13-25(21)11-2-5-15-7-9-23-17(15)19/h6-9,14-15H,1-5,10-13H2. The first-order chi connectivity index (χ1) is 12.1. The highest BCUT2D eigenvalue weighted by atomic mass is 32.2. The second kappa shape index (κ2) is 10.7. The van der Waals surface area contributed by atoms with Gasteiger partial charge in [0.05, 0.1) is 24.4 Å². The third-order valence-electron chi connectivity index (χ3n) is 4.11. The molecule has 0 aromatic carbocycles. The lowest BCUT2D eigenvalue weighted by atomic mass is 10.1. The molecule has 2 heterocycles. The van der Waals surface area contributed by atoms with Crippen LogP contribution in [-0.4, -0.2) is 43.4 Å². The zero-order valence-corrected chi connectivity index (χ0v) is 15.7. The van der Waals surface area contributed by atoms with E-state index < -0.39 is 21.6 Å². The lowest BCUT2D eigenvalue weighted by Gasteiger charge is -2.06. The molecule has 0 fully saturated rings. The van der Waals surface area contributed by atoms with Crippen LogP contribution in [0.1, 0.15) is 32.1 Å². The van der Waals surface area contributed by atoms with E-state index in [2.05, 4.69) is 0 Å². The maximum Gasteiger partial charge on any atom is 0.317 e. The minimum absolute atomic E-state index is 0.198. The molecule has 0 aliphatic carbocycles. The molecular formula is C17H24O6S2. The summed E-state index contributed by atoms with van der Waals surface area (Å²) in [5.41, 5.74) is 0. The SMILES string of the molecule is O=C1OC=CC1CCCS(=O)CCCS(=O)CCCC1C=COC1=O. The molecule has 8 heteroatoms. The number of carbonyl (C=O) groups excluding carboxylic acids is 2. The van der Waals surface area contributed by atoms with Crippen LogP contribution in [0.15, 0.2) is 24.7 Å². The number of hydrogen-bond donors (Lipinski definition) is 0. The van der Waals surface area contributed by atoms with Crippen LogP contribution in [0.5, 0.6) is 0 Å². The zero-order chi connectivity index (χ0) is 18.1. The topological polar surface area (TPSA) is 86.7 Å². The van der Waals surface area contributed by atoms with Crippen LogP contribution >= 0.6 is 0 Å². The normalized spacial score (nSPS) is 24.3. The van der Waals surface area contributed by atoms with Gasteiger partial charge in [0.1, 0.15) is 0 Å². The third kappa shape index (κ3) is 7.23. The number of rotatable bonds is 12. The number of esters is 2. The Balaban J connectivity index is 1.46. The van der Waals surface area contributed by atoms with Crippen molar-refractivity contribution >= 4 is 33.5 Å². The quantitative estimate of drug-likeness (QED) is 0.474. The molecular weight excluding hydrogens is 364 g/mol. The lowest BCUT2D eigenvalue weighted by molar-refractivity contribution is -0.139. The third-order valence-corrected chi connectivity index (χ3v) is 7.09. The van der Waals surface area contributed by atoms with E-state index in [1.165, 1.54) is 12.5 Å². The number of carbonyl (C=O) groups is 2. The van der Waals surface area contributed by atoms with Gasteiger partial charge in [-0.2, -0.15) is 0 Å². The first-order valence-corrected chi connectivity index (χ1v) is 11.5. The maximum atomic E-state index is 11.9. The number of hydrogen-bond acceptors (Lipinski definition) is 6. The summed E-state index contributed by atoms with van der Waals surface area (Å²) in [5.74, 6) is 1.32. The number of ether oxygens (including phenoxy) is 2. The molecule has 2 aliphatic heterocycles. The summed E-state index contributed by atoms with van der Waals surface area (Å²) >= 11 is 0. The fourth-order valence-electron chi connectivity index (χ4n) is 2.68. The summed E-state index contributed by atoms with van der Waals surface area (Å²) < 4.78 is 33.3. The van der Waals surface area contributed by atoms with E-state index in [0.29, 0.717) is 55.1 Å². The highest BCUT2D eigenvalue weighted by Crippen LogP contribution is 2.17. The first kappa shape index (κ1) is 20.0. The molecule has 140 valence electrons. The summed E-state index contributed by atoms with van der Waals surface area (Å²) in [6, 6.07) is 0. The Kier molecular flexibility index (Phi) is 8.54. The van der Waals surface area contributed by atoms with Crippen LogP contribution in [0.4, 0.5) is 0 Å². The summed E-state index contributed by atoms with van der Waals surface area (Å²) in [5, 5.41) is 0. The lowest BCUT2D eigenvalue weighted by Crippen LogP contribution is -2.13. The molecule has 0 aromatic heterocycles. The van der Waals surface area contributed by atoms with Crippen molar-refractivity contribution in [3.8, 4) is 0 Å². The van der Waals surface area contributed by atoms with Gasteiger partial charge in [-0.3, -0.25) is 18.0 Å². The van der Waals surface area contributed by atoms with Crippen LogP contribution in [0.2, 0.25) is 0 Å². The minimum Gasteiger partial charge on any atom is -0.434 e. The van der Waals surface area contributed by atoms with Gasteiger partial charge in [-0.25, -0.2) is 0 Å². The second-order valence-corrected chi connectivity index (χ2v) is 9.47. The Morgan fingerprint density at radius 3 is 1.48 bits per heavy atom. The van der Waals surface area contributed by atoms with E-state index in [1.54, 1.807) is 12.2 Å². The number of cyclic esters (lactones) is 2. The van der Waals surface area contributed by atoms with Crippen molar-refractivity contribution in [2.24, 2.45) is 11.8 Å². The highest BCUT2D eigenvalue weighted by Gasteiger charge is 2.22. The van der Waals surface area contributed by atoms with Crippen LogP contribution in [-0.2, 0) is 40.7 Å². The van der Waals surface area contributed by atoms with Gasteiger partial charge in [0.25, 0.3) is 0 Å². The van der Waals surface area contributed by atoms with Crippen LogP contribution in [0.25, 0.3) is 0 Å². The molecule has 0 radical (unpaired) electrons. The van der Waals surface area contributed by atoms with Crippen molar-refractivity contribution in [1.82, 2.24) is 0 Å². The molecule has 0 N–H and O–H groups in total. The van der Waals surface area contributed by atoms with Crippen molar-refractivity contribution < 1.29 is 27.5 Å². The molecule has 4 atom stereocenters. The minimum atomic E-state index is -0.941. The first-order valence-electron chi connectivity index (χ1n) is 8.50. The maximum absolute atomic E-state index is 11.9. The van der Waals surface area contributed by atoms with Gasteiger partial charge in [-0.05, 0) is 44.3 Å². The van der Waals surface area contributed by atoms with E-state index in [0.717, 1.165) is 0 Å². The van der Waals surface area contributed by atoms with Gasteiger partial charge in [-0.15, -0.1) is 0 Å². The van der Waals surface area contributed by atoms with Gasteiger partial charge >= 0.3 is 11.9 Å². The van der Waals surface area contributed by atoms with Crippen LogP contribution in [0.3, 0.4) is 0 Å². The van der Waals surface area contributed by atoms with Crippen molar-refractivity contribution in [2.75, 3.05) is 23.0 Å². The molecule has 0 spiro atoms. The van der Waals surface area contributed by atoms with E-state index in [9.17, 15) is 18.0 Å². The van der Waals surface area contributed by atoms with Gasteiger partial charge in [0, 0.05) is 44.6 Å². The molecule has 25 heavy (non-hydrogen) atoms. The molecule has 0 saturated carbocycles. The van der Waals surface area contributed by atoms with Crippen molar-refractivity contribution in [3.63, 3.8) is 0 Å². The van der Waals surface area contributed by atoms with E-state index in [1.807, 2.05) is 0 Å². The molecule has 6 nitrogen and oxygen atoms in total. The highest BCUT2D eigenvalue weighted by molar-refractivity contribution is 7.85.